The molecule has 2 heterocycles. The molecule has 1 aliphatic rings. The van der Waals surface area contributed by atoms with Gasteiger partial charge in [-0.05, 0) is 37.8 Å². The highest BCUT2D eigenvalue weighted by Crippen LogP contribution is 2.24. The van der Waals surface area contributed by atoms with Gasteiger partial charge in [0.05, 0.1) is 0 Å². The molecule has 1 saturated heterocycles. The maximum absolute atomic E-state index is 12.8. The summed E-state index contributed by atoms with van der Waals surface area (Å²) < 4.78 is 0. The van der Waals surface area contributed by atoms with Gasteiger partial charge in [-0.25, -0.2) is 0 Å². The molecular weight excluding hydrogens is 266 g/mol. The van der Waals surface area contributed by atoms with Crippen molar-refractivity contribution in [1.29, 1.82) is 0 Å². The van der Waals surface area contributed by atoms with Crippen LogP contribution in [0.25, 0.3) is 0 Å². The number of carbonyl (C=O) groups excluding carboxylic acids is 2. The van der Waals surface area contributed by atoms with E-state index in [4.69, 9.17) is 0 Å². The second-order valence-corrected chi connectivity index (χ2v) is 5.90. The number of nitrogens with one attached hydrogen (secondary N) is 1. The van der Waals surface area contributed by atoms with Gasteiger partial charge in [0.1, 0.15) is 11.6 Å². The maximum Gasteiger partial charge on any atom is 0.249 e. The number of hydrogen-bond donors (Lipinski definition) is 1. The Kier molecular flexibility index (Phi) is 4.30. The Hall–Kier alpha value is -1.91. The minimum absolute atomic E-state index is 0.0158. The highest BCUT2D eigenvalue weighted by atomic mass is 16.2. The van der Waals surface area contributed by atoms with Crippen LogP contribution in [0, 0.1) is 6.92 Å². The Morgan fingerprint density at radius 3 is 2.62 bits per heavy atom. The van der Waals surface area contributed by atoms with Gasteiger partial charge in [-0.1, -0.05) is 19.9 Å². The van der Waals surface area contributed by atoms with Crippen molar-refractivity contribution in [3.05, 3.63) is 29.6 Å². The number of hydrogen-bond acceptors (Lipinski definition) is 3. The summed E-state index contributed by atoms with van der Waals surface area (Å²) in [7, 11) is 0. The molecule has 1 fully saturated rings. The maximum atomic E-state index is 12.8. The molecule has 2 unspecified atom stereocenters. The van der Waals surface area contributed by atoms with Crippen molar-refractivity contribution in [2.45, 2.75) is 58.7 Å². The first-order valence-electron chi connectivity index (χ1n) is 7.45. The van der Waals surface area contributed by atoms with Gasteiger partial charge in [0.25, 0.3) is 0 Å². The fraction of sp³-hybridized carbons (Fsp3) is 0.562. The summed E-state index contributed by atoms with van der Waals surface area (Å²) in [4.78, 5) is 30.9. The largest absolute Gasteiger partial charge is 0.340 e. The number of amides is 2. The normalized spacial score (nSPS) is 25.9. The molecule has 2 rings (SSSR count). The lowest BCUT2D eigenvalue weighted by molar-refractivity contribution is -0.155. The third-order valence-electron chi connectivity index (χ3n) is 4.19. The lowest BCUT2D eigenvalue weighted by Crippen LogP contribution is -2.68. The van der Waals surface area contributed by atoms with Gasteiger partial charge in [-0.15, -0.1) is 0 Å². The smallest absolute Gasteiger partial charge is 0.249 e. The van der Waals surface area contributed by atoms with Crippen molar-refractivity contribution in [3.8, 4) is 0 Å². The van der Waals surface area contributed by atoms with Crippen molar-refractivity contribution >= 4 is 11.8 Å². The van der Waals surface area contributed by atoms with Crippen LogP contribution in [-0.4, -0.2) is 33.3 Å². The van der Waals surface area contributed by atoms with E-state index < -0.39 is 11.6 Å². The van der Waals surface area contributed by atoms with E-state index in [9.17, 15) is 9.59 Å². The lowest BCUT2D eigenvalue weighted by atomic mass is 9.91. The molecule has 114 valence electrons. The van der Waals surface area contributed by atoms with E-state index in [2.05, 4.69) is 10.3 Å². The molecule has 0 saturated carbocycles. The minimum Gasteiger partial charge on any atom is -0.340 e. The molecule has 0 aliphatic carbocycles. The monoisotopic (exact) mass is 289 g/mol. The van der Waals surface area contributed by atoms with E-state index in [0.717, 1.165) is 11.1 Å². The van der Waals surface area contributed by atoms with Gasteiger partial charge in [0.15, 0.2) is 0 Å². The molecule has 1 aromatic heterocycles. The van der Waals surface area contributed by atoms with Crippen LogP contribution in [0.5, 0.6) is 0 Å². The molecular formula is C16H23N3O2. The first-order valence-corrected chi connectivity index (χ1v) is 7.45. The zero-order chi connectivity index (χ0) is 15.6. The number of nitrogens with zero attached hydrogens (tertiary/aromatic N) is 2. The van der Waals surface area contributed by atoms with Crippen molar-refractivity contribution in [1.82, 2.24) is 15.2 Å². The van der Waals surface area contributed by atoms with Gasteiger partial charge < -0.3 is 10.2 Å². The van der Waals surface area contributed by atoms with Crippen LogP contribution in [0.2, 0.25) is 0 Å². The summed E-state index contributed by atoms with van der Waals surface area (Å²) in [6.45, 7) is 8.02. The number of rotatable bonds is 4. The predicted molar refractivity (Wildman–Crippen MR) is 80.4 cm³/mol. The zero-order valence-corrected chi connectivity index (χ0v) is 13.1. The van der Waals surface area contributed by atoms with E-state index in [1.807, 2.05) is 26.8 Å². The standard InChI is InChI=1S/C16H23N3O2/c1-5-13-14(20)18-16(4,6-2)15(21)19(13)10-12-7-11(3)8-17-9-12/h7-9,13H,5-6,10H2,1-4H3,(H,18,20). The average Bonchev–Trinajstić information content (AvgIpc) is 2.45. The Bertz CT molecular complexity index is 558. The van der Waals surface area contributed by atoms with Gasteiger partial charge in [0, 0.05) is 18.9 Å². The van der Waals surface area contributed by atoms with E-state index in [-0.39, 0.29) is 11.8 Å². The molecule has 1 N–H and O–H groups in total. The summed E-state index contributed by atoms with van der Waals surface area (Å²) in [6, 6.07) is 1.60. The van der Waals surface area contributed by atoms with Gasteiger partial charge in [0.2, 0.25) is 11.8 Å². The van der Waals surface area contributed by atoms with Crippen LogP contribution >= 0.6 is 0 Å². The first-order chi connectivity index (χ1) is 9.91. The van der Waals surface area contributed by atoms with Crippen molar-refractivity contribution in [2.24, 2.45) is 0 Å². The topological polar surface area (TPSA) is 62.3 Å². The summed E-state index contributed by atoms with van der Waals surface area (Å²) in [5, 5.41) is 2.87. The predicted octanol–water partition coefficient (Wildman–Crippen LogP) is 1.80. The van der Waals surface area contributed by atoms with Crippen LogP contribution in [0.4, 0.5) is 0 Å². The molecule has 0 radical (unpaired) electrons. The zero-order valence-electron chi connectivity index (χ0n) is 13.1. The summed E-state index contributed by atoms with van der Waals surface area (Å²) >= 11 is 0. The van der Waals surface area contributed by atoms with Crippen LogP contribution in [0.3, 0.4) is 0 Å². The molecule has 1 aromatic rings. The van der Waals surface area contributed by atoms with Crippen LogP contribution in [0.15, 0.2) is 18.5 Å². The van der Waals surface area contributed by atoms with E-state index in [1.165, 1.54) is 0 Å². The Labute approximate surface area is 125 Å². The Balaban J connectivity index is 2.32. The molecule has 1 aliphatic heterocycles. The first kappa shape index (κ1) is 15.5. The second-order valence-electron chi connectivity index (χ2n) is 5.90. The number of pyridine rings is 1. The SMILES string of the molecule is CCC1C(=O)NC(C)(CC)C(=O)N1Cc1cncc(C)c1. The van der Waals surface area contributed by atoms with Gasteiger partial charge in [-0.2, -0.15) is 0 Å². The fourth-order valence-corrected chi connectivity index (χ4v) is 2.74. The average molecular weight is 289 g/mol. The number of piperazine rings is 1. The van der Waals surface area contributed by atoms with E-state index in [0.29, 0.717) is 19.4 Å². The van der Waals surface area contributed by atoms with E-state index >= 15 is 0 Å². The molecule has 0 bridgehead atoms. The third kappa shape index (κ3) is 2.91. The lowest BCUT2D eigenvalue weighted by Gasteiger charge is -2.44. The van der Waals surface area contributed by atoms with Crippen molar-refractivity contribution < 1.29 is 9.59 Å². The third-order valence-corrected chi connectivity index (χ3v) is 4.19. The second kappa shape index (κ2) is 5.84. The summed E-state index contributed by atoms with van der Waals surface area (Å²) in [5.41, 5.74) is 1.20. The quantitative estimate of drug-likeness (QED) is 0.919. The van der Waals surface area contributed by atoms with Gasteiger partial charge >= 0.3 is 0 Å². The van der Waals surface area contributed by atoms with E-state index in [1.54, 1.807) is 24.2 Å². The van der Waals surface area contributed by atoms with Crippen molar-refractivity contribution in [2.75, 3.05) is 0 Å². The van der Waals surface area contributed by atoms with Gasteiger partial charge in [-0.3, -0.25) is 14.6 Å². The highest BCUT2D eigenvalue weighted by Gasteiger charge is 2.46. The fourth-order valence-electron chi connectivity index (χ4n) is 2.74. The van der Waals surface area contributed by atoms with Crippen molar-refractivity contribution in [3.63, 3.8) is 0 Å². The Morgan fingerprint density at radius 1 is 1.33 bits per heavy atom. The molecule has 21 heavy (non-hydrogen) atoms. The van der Waals surface area contributed by atoms with Crippen LogP contribution in [-0.2, 0) is 16.1 Å². The molecule has 0 aromatic carbocycles. The molecule has 5 nitrogen and oxygen atoms in total. The van der Waals surface area contributed by atoms with Crippen LogP contribution < -0.4 is 5.32 Å². The highest BCUT2D eigenvalue weighted by molar-refractivity contribution is 5.99. The molecule has 2 atom stereocenters. The summed E-state index contributed by atoms with van der Waals surface area (Å²) in [6.07, 6.45) is 4.72. The summed E-state index contributed by atoms with van der Waals surface area (Å²) in [5.74, 6) is -0.0833. The molecule has 0 spiro atoms. The Morgan fingerprint density at radius 2 is 2.05 bits per heavy atom. The molecule has 2 amide bonds. The minimum atomic E-state index is -0.806. The molecule has 5 heteroatoms. The number of aryl methyl sites for hydroxylation is 1. The van der Waals surface area contributed by atoms with Crippen LogP contribution in [0.1, 0.15) is 44.7 Å². The number of aromatic nitrogens is 1. The number of carbonyl (C=O) groups is 2.